The van der Waals surface area contributed by atoms with Crippen LogP contribution in [0.3, 0.4) is 0 Å². The largest absolute Gasteiger partial charge is 0.508 e. The smallest absolute Gasteiger partial charge is 0.416 e. The molecular formula is C36H39F3N2O5. The van der Waals surface area contributed by atoms with Gasteiger partial charge in [-0.25, -0.2) is 0 Å². The highest BCUT2D eigenvalue weighted by Gasteiger charge is 2.67. The van der Waals surface area contributed by atoms with Gasteiger partial charge in [-0.15, -0.1) is 0 Å². The normalized spacial score (nSPS) is 27.7. The number of carbonyl (C=O) groups excluding carboxylic acids is 2. The molecule has 46 heavy (non-hydrogen) atoms. The number of hydrogen-bond donors (Lipinski definition) is 1. The molecule has 0 unspecified atom stereocenters. The van der Waals surface area contributed by atoms with Gasteiger partial charge in [-0.05, 0) is 87.1 Å². The Kier molecular flexibility index (Phi) is 7.54. The van der Waals surface area contributed by atoms with E-state index in [1.165, 1.54) is 38.0 Å². The number of nitrogens with zero attached hydrogens (tertiary/aromatic N) is 2. The van der Waals surface area contributed by atoms with Crippen molar-refractivity contribution in [2.75, 3.05) is 19.6 Å². The molecule has 1 spiro atoms. The Morgan fingerprint density at radius 1 is 1.17 bits per heavy atom. The van der Waals surface area contributed by atoms with Crippen molar-refractivity contribution >= 4 is 11.9 Å². The SMILES string of the molecule is CC(=O)Oc1cc(O)c2c3c1O[C@H]1[C@@H](N(CC(C)C)C(=O)C#Cc4ccc(C(F)(F)F)cc4)CC[C@H]4[C@@H](C2)N(CC2CC2)CC[C@@]341. The molecule has 1 saturated heterocycles. The van der Waals surface area contributed by atoms with Gasteiger partial charge < -0.3 is 19.5 Å². The van der Waals surface area contributed by atoms with Crippen LogP contribution in [0.4, 0.5) is 13.2 Å². The second-order valence-corrected chi connectivity index (χ2v) is 14.1. The molecule has 0 radical (unpaired) electrons. The van der Waals surface area contributed by atoms with Crippen LogP contribution >= 0.6 is 0 Å². The summed E-state index contributed by atoms with van der Waals surface area (Å²) in [5.41, 5.74) is 0.855. The number of alkyl halides is 3. The summed E-state index contributed by atoms with van der Waals surface area (Å²) in [6.07, 6.45) is 0.677. The van der Waals surface area contributed by atoms with E-state index in [1.807, 2.05) is 13.8 Å². The van der Waals surface area contributed by atoms with Crippen LogP contribution in [0, 0.1) is 29.6 Å². The number of halogens is 3. The molecule has 2 aromatic rings. The minimum atomic E-state index is -4.45. The number of phenols is 1. The predicted molar refractivity (Wildman–Crippen MR) is 163 cm³/mol. The topological polar surface area (TPSA) is 79.3 Å². The summed E-state index contributed by atoms with van der Waals surface area (Å²) in [5, 5.41) is 11.3. The van der Waals surface area contributed by atoms with E-state index < -0.39 is 35.1 Å². The standard InChI is InChI=1S/C36H39F3N2O5/c1-20(2)18-41(31(44)13-8-22-6-9-24(10-7-22)36(37,38)39)27-12-11-26-28-16-25-29(43)17-30(45-21(3)42)33-32(25)35(26,34(27)46-33)14-15-40(28)19-23-4-5-23/h6-7,9-10,17,20,23,26-28,34,43H,4-5,11-12,14-16,18-19H2,1-3H3/t26-,27-,28+,34-,35-/m0/s1. The maximum atomic E-state index is 13.9. The Morgan fingerprint density at radius 2 is 1.91 bits per heavy atom. The zero-order chi connectivity index (χ0) is 32.5. The van der Waals surface area contributed by atoms with E-state index in [9.17, 15) is 27.9 Å². The van der Waals surface area contributed by atoms with Crippen molar-refractivity contribution in [3.8, 4) is 29.1 Å². The van der Waals surface area contributed by atoms with Crippen LogP contribution in [0.2, 0.25) is 0 Å². The third-order valence-electron chi connectivity index (χ3n) is 10.7. The van der Waals surface area contributed by atoms with Crippen LogP contribution in [0.15, 0.2) is 30.3 Å². The van der Waals surface area contributed by atoms with Crippen LogP contribution < -0.4 is 9.47 Å². The number of carbonyl (C=O) groups is 2. The average Bonchev–Trinajstić information content (AvgIpc) is 3.75. The molecule has 2 aromatic carbocycles. The molecule has 2 aliphatic heterocycles. The molecular weight excluding hydrogens is 597 g/mol. The van der Waals surface area contributed by atoms with E-state index in [0.717, 1.165) is 55.1 Å². The second-order valence-electron chi connectivity index (χ2n) is 14.1. The van der Waals surface area contributed by atoms with Crippen LogP contribution in [-0.4, -0.2) is 64.6 Å². The molecule has 244 valence electrons. The summed E-state index contributed by atoms with van der Waals surface area (Å²) in [6, 6.07) is 5.87. The first-order valence-electron chi connectivity index (χ1n) is 16.3. The number of ether oxygens (including phenoxy) is 2. The van der Waals surface area contributed by atoms with Crippen molar-refractivity contribution in [3.05, 3.63) is 52.6 Å². The van der Waals surface area contributed by atoms with Crippen LogP contribution in [0.1, 0.15) is 75.1 Å². The van der Waals surface area contributed by atoms with Gasteiger partial charge in [0.1, 0.15) is 11.9 Å². The van der Waals surface area contributed by atoms with E-state index in [-0.39, 0.29) is 35.4 Å². The zero-order valence-corrected chi connectivity index (χ0v) is 26.3. The Labute approximate surface area is 267 Å². The molecule has 3 fully saturated rings. The van der Waals surface area contributed by atoms with E-state index in [1.54, 1.807) is 4.90 Å². The lowest BCUT2D eigenvalue weighted by molar-refractivity contribution is -0.138. The van der Waals surface area contributed by atoms with Gasteiger partial charge in [0.2, 0.25) is 0 Å². The van der Waals surface area contributed by atoms with Crippen molar-refractivity contribution < 1.29 is 37.3 Å². The number of rotatable bonds is 6. The Morgan fingerprint density at radius 3 is 2.57 bits per heavy atom. The lowest BCUT2D eigenvalue weighted by Gasteiger charge is -2.60. The fourth-order valence-corrected chi connectivity index (χ4v) is 8.76. The third kappa shape index (κ3) is 5.21. The number of esters is 1. The summed E-state index contributed by atoms with van der Waals surface area (Å²) in [4.78, 5) is 30.4. The third-order valence-corrected chi connectivity index (χ3v) is 10.7. The minimum absolute atomic E-state index is 0.106. The predicted octanol–water partition coefficient (Wildman–Crippen LogP) is 5.69. The number of phenolic OH excluding ortho intramolecular Hbond substituents is 1. The lowest BCUT2D eigenvalue weighted by Crippen LogP contribution is -2.69. The van der Waals surface area contributed by atoms with Gasteiger partial charge in [0.25, 0.3) is 5.91 Å². The van der Waals surface area contributed by atoms with Gasteiger partial charge in [0, 0.05) is 60.1 Å². The van der Waals surface area contributed by atoms with Crippen molar-refractivity contribution in [2.24, 2.45) is 17.8 Å². The van der Waals surface area contributed by atoms with E-state index in [0.29, 0.717) is 30.7 Å². The molecule has 0 aromatic heterocycles. The zero-order valence-electron chi connectivity index (χ0n) is 26.3. The van der Waals surface area contributed by atoms with Crippen LogP contribution in [0.5, 0.6) is 17.2 Å². The minimum Gasteiger partial charge on any atom is -0.508 e. The van der Waals surface area contributed by atoms with E-state index in [4.69, 9.17) is 9.47 Å². The van der Waals surface area contributed by atoms with Gasteiger partial charge in [-0.1, -0.05) is 19.8 Å². The Hall–Kier alpha value is -3.71. The summed E-state index contributed by atoms with van der Waals surface area (Å²) in [5.74, 6) is 6.47. The molecule has 5 aliphatic rings. The molecule has 3 aliphatic carbocycles. The molecule has 7 rings (SSSR count). The summed E-state index contributed by atoms with van der Waals surface area (Å²) >= 11 is 0. The van der Waals surface area contributed by atoms with Crippen molar-refractivity contribution in [2.45, 2.75) is 89.1 Å². The first kappa shape index (κ1) is 30.9. The quantitative estimate of drug-likeness (QED) is 0.250. The first-order chi connectivity index (χ1) is 21.9. The van der Waals surface area contributed by atoms with Crippen molar-refractivity contribution in [1.29, 1.82) is 0 Å². The molecule has 2 heterocycles. The average molecular weight is 637 g/mol. The number of amides is 1. The molecule has 5 atom stereocenters. The molecule has 2 saturated carbocycles. The van der Waals surface area contributed by atoms with E-state index in [2.05, 4.69) is 16.7 Å². The first-order valence-corrected chi connectivity index (χ1v) is 16.3. The Bertz CT molecular complexity index is 1620. The van der Waals surface area contributed by atoms with Gasteiger partial charge >= 0.3 is 12.1 Å². The molecule has 10 heteroatoms. The molecule has 2 bridgehead atoms. The number of piperidine rings is 1. The maximum absolute atomic E-state index is 13.9. The number of likely N-dealkylation sites (tertiary alicyclic amines) is 1. The monoisotopic (exact) mass is 636 g/mol. The Balaban J connectivity index is 1.27. The van der Waals surface area contributed by atoms with E-state index >= 15 is 0 Å². The summed E-state index contributed by atoms with van der Waals surface area (Å²) in [6.45, 7) is 7.74. The maximum Gasteiger partial charge on any atom is 0.416 e. The van der Waals surface area contributed by atoms with Crippen molar-refractivity contribution in [3.63, 3.8) is 0 Å². The van der Waals surface area contributed by atoms with Crippen molar-refractivity contribution in [1.82, 2.24) is 9.80 Å². The molecule has 1 amide bonds. The van der Waals surface area contributed by atoms with Gasteiger partial charge in [0.05, 0.1) is 11.6 Å². The summed E-state index contributed by atoms with van der Waals surface area (Å²) in [7, 11) is 0. The molecule has 1 N–H and O–H groups in total. The van der Waals surface area contributed by atoms with Crippen LogP contribution in [0.25, 0.3) is 0 Å². The number of benzene rings is 2. The second kappa shape index (κ2) is 11.2. The highest BCUT2D eigenvalue weighted by atomic mass is 19.4. The molecule has 7 nitrogen and oxygen atoms in total. The highest BCUT2D eigenvalue weighted by molar-refractivity contribution is 5.94. The lowest BCUT2D eigenvalue weighted by atomic mass is 9.50. The fourth-order valence-electron chi connectivity index (χ4n) is 8.76. The van der Waals surface area contributed by atoms with Gasteiger partial charge in [-0.3, -0.25) is 14.5 Å². The number of aromatic hydroxyl groups is 1. The van der Waals surface area contributed by atoms with Gasteiger partial charge in [-0.2, -0.15) is 13.2 Å². The number of hydrogen-bond acceptors (Lipinski definition) is 6. The fraction of sp³-hybridized carbons (Fsp3) is 0.556. The van der Waals surface area contributed by atoms with Crippen LogP contribution in [-0.2, 0) is 27.6 Å². The summed E-state index contributed by atoms with van der Waals surface area (Å²) < 4.78 is 51.6. The van der Waals surface area contributed by atoms with Gasteiger partial charge in [0.15, 0.2) is 11.5 Å². The highest BCUT2D eigenvalue weighted by Crippen LogP contribution is 2.66.